The van der Waals surface area contributed by atoms with Crippen LogP contribution in [-0.4, -0.2) is 24.8 Å². The van der Waals surface area contributed by atoms with E-state index in [2.05, 4.69) is 127 Å². The van der Waals surface area contributed by atoms with Gasteiger partial charge in [0.1, 0.15) is 11.5 Å². The van der Waals surface area contributed by atoms with Crippen LogP contribution in [0, 0.1) is 0 Å². The summed E-state index contributed by atoms with van der Waals surface area (Å²) < 4.78 is 14.0. The van der Waals surface area contributed by atoms with Crippen LogP contribution in [0.1, 0.15) is 58.7 Å². The molecule has 2 atom stereocenters. The van der Waals surface area contributed by atoms with Crippen LogP contribution in [0.2, 0.25) is 0 Å². The van der Waals surface area contributed by atoms with Crippen molar-refractivity contribution in [2.45, 2.75) is 63.3 Å². The Kier molecular flexibility index (Phi) is 9.06. The lowest BCUT2D eigenvalue weighted by Gasteiger charge is -2.50. The summed E-state index contributed by atoms with van der Waals surface area (Å²) in [4.78, 5) is 2.69. The molecule has 0 aliphatic heterocycles. The molecule has 0 heterocycles. The van der Waals surface area contributed by atoms with Gasteiger partial charge in [-0.1, -0.05) is 92.5 Å². The van der Waals surface area contributed by atoms with E-state index in [9.17, 15) is 0 Å². The van der Waals surface area contributed by atoms with Gasteiger partial charge in [-0.05, 0) is 89.8 Å². The smallest absolute Gasteiger partial charge is 0.122 e. The standard InChI is InChI=1S/C36H38Br2N2O2/c1-41-33-18-16-30(37)29-22-36(21-20-27(29)33,39-32-15-9-14-28-34(42-2)19-17-31(38)35(28)32)40(23-25-10-5-3-6-11-25)24-26-12-7-4-8-13-26/h3-8,10-13,16-19,32,39H,9,14-15,20-24H2,1-2H3/t32?,36-/m1/s1. The molecule has 0 bridgehead atoms. The summed E-state index contributed by atoms with van der Waals surface area (Å²) in [6.07, 6.45) is 6.01. The van der Waals surface area contributed by atoms with Gasteiger partial charge in [-0.3, -0.25) is 10.2 Å². The molecule has 218 valence electrons. The Morgan fingerprint density at radius 3 is 1.95 bits per heavy atom. The number of fused-ring (bicyclic) bond motifs is 2. The van der Waals surface area contributed by atoms with Crippen molar-refractivity contribution in [1.82, 2.24) is 10.2 Å². The van der Waals surface area contributed by atoms with E-state index < -0.39 is 0 Å². The molecule has 0 spiro atoms. The summed E-state index contributed by atoms with van der Waals surface area (Å²) in [5, 5.41) is 4.34. The van der Waals surface area contributed by atoms with Gasteiger partial charge in [-0.2, -0.15) is 0 Å². The minimum atomic E-state index is -0.296. The fourth-order valence-corrected chi connectivity index (χ4v) is 8.16. The first-order valence-electron chi connectivity index (χ1n) is 14.8. The van der Waals surface area contributed by atoms with E-state index in [1.165, 1.54) is 33.4 Å². The van der Waals surface area contributed by atoms with Gasteiger partial charge in [-0.25, -0.2) is 0 Å². The highest BCUT2D eigenvalue weighted by Crippen LogP contribution is 2.45. The minimum Gasteiger partial charge on any atom is -0.496 e. The highest BCUT2D eigenvalue weighted by atomic mass is 79.9. The quantitative estimate of drug-likeness (QED) is 0.178. The van der Waals surface area contributed by atoms with Gasteiger partial charge >= 0.3 is 0 Å². The summed E-state index contributed by atoms with van der Waals surface area (Å²) in [7, 11) is 3.57. The Morgan fingerprint density at radius 1 is 0.738 bits per heavy atom. The van der Waals surface area contributed by atoms with Gasteiger partial charge in [0.2, 0.25) is 0 Å². The second-order valence-electron chi connectivity index (χ2n) is 11.5. The van der Waals surface area contributed by atoms with Gasteiger partial charge in [-0.15, -0.1) is 0 Å². The number of methoxy groups -OCH3 is 2. The van der Waals surface area contributed by atoms with Crippen molar-refractivity contribution in [3.63, 3.8) is 0 Å². The molecule has 1 unspecified atom stereocenters. The molecule has 0 saturated carbocycles. The van der Waals surface area contributed by atoms with Crippen LogP contribution in [0.3, 0.4) is 0 Å². The van der Waals surface area contributed by atoms with Crippen LogP contribution in [-0.2, 0) is 32.4 Å². The topological polar surface area (TPSA) is 33.7 Å². The Bertz CT molecular complexity index is 1490. The Balaban J connectivity index is 1.48. The van der Waals surface area contributed by atoms with Gasteiger partial charge in [0.05, 0.1) is 19.9 Å². The number of ether oxygens (including phenoxy) is 2. The normalized spacial score (nSPS) is 19.7. The largest absolute Gasteiger partial charge is 0.496 e. The summed E-state index contributed by atoms with van der Waals surface area (Å²) in [5.74, 6) is 1.97. The van der Waals surface area contributed by atoms with Crippen LogP contribution in [0.15, 0.2) is 93.9 Å². The van der Waals surface area contributed by atoms with Crippen LogP contribution >= 0.6 is 31.9 Å². The lowest BCUT2D eigenvalue weighted by molar-refractivity contribution is 0.0115. The molecule has 2 aliphatic carbocycles. The molecule has 4 nitrogen and oxygen atoms in total. The van der Waals surface area contributed by atoms with E-state index >= 15 is 0 Å². The SMILES string of the molecule is COc1ccc(Br)c2c1CC[C@@](NC1CCCc3c(OC)ccc(Br)c31)(N(Cc1ccccc1)Cc1ccccc1)C2. The maximum Gasteiger partial charge on any atom is 0.122 e. The second-order valence-corrected chi connectivity index (χ2v) is 13.2. The molecule has 6 heteroatoms. The zero-order chi connectivity index (χ0) is 29.1. The molecule has 0 aromatic heterocycles. The van der Waals surface area contributed by atoms with Crippen LogP contribution in [0.4, 0.5) is 0 Å². The first kappa shape index (κ1) is 29.4. The van der Waals surface area contributed by atoms with E-state index in [1.807, 2.05) is 0 Å². The molecule has 42 heavy (non-hydrogen) atoms. The molecule has 0 radical (unpaired) electrons. The van der Waals surface area contributed by atoms with Crippen LogP contribution < -0.4 is 14.8 Å². The third kappa shape index (κ3) is 5.92. The molecule has 4 aromatic rings. The Labute approximate surface area is 266 Å². The molecule has 0 saturated heterocycles. The lowest BCUT2D eigenvalue weighted by atomic mass is 9.79. The van der Waals surface area contributed by atoms with E-state index in [0.717, 1.165) is 72.1 Å². The van der Waals surface area contributed by atoms with Crippen molar-refractivity contribution in [3.05, 3.63) is 127 Å². The van der Waals surface area contributed by atoms with Gasteiger partial charge in [0.25, 0.3) is 0 Å². The molecule has 2 aliphatic rings. The molecule has 1 N–H and O–H groups in total. The second kappa shape index (κ2) is 12.9. The molecule has 0 fully saturated rings. The summed E-state index contributed by atoms with van der Waals surface area (Å²) in [6.45, 7) is 1.69. The average Bonchev–Trinajstić information content (AvgIpc) is 3.02. The van der Waals surface area contributed by atoms with Crippen LogP contribution in [0.5, 0.6) is 11.5 Å². The zero-order valence-corrected chi connectivity index (χ0v) is 27.5. The molecule has 4 aromatic carbocycles. The fourth-order valence-electron chi connectivity index (χ4n) is 7.00. The molecular formula is C36H38Br2N2O2. The highest BCUT2D eigenvalue weighted by molar-refractivity contribution is 9.10. The van der Waals surface area contributed by atoms with Gasteiger partial charge in [0, 0.05) is 34.5 Å². The number of halogens is 2. The van der Waals surface area contributed by atoms with E-state index in [4.69, 9.17) is 9.47 Å². The number of nitrogens with one attached hydrogen (secondary N) is 1. The first-order valence-corrected chi connectivity index (χ1v) is 16.4. The predicted octanol–water partition coefficient (Wildman–Crippen LogP) is 8.78. The predicted molar refractivity (Wildman–Crippen MR) is 177 cm³/mol. The molecular weight excluding hydrogens is 652 g/mol. The third-order valence-corrected chi connectivity index (χ3v) is 10.5. The number of benzene rings is 4. The van der Waals surface area contributed by atoms with Crippen molar-refractivity contribution in [2.75, 3.05) is 14.2 Å². The van der Waals surface area contributed by atoms with E-state index in [0.29, 0.717) is 0 Å². The number of nitrogens with zero attached hydrogens (tertiary/aromatic N) is 1. The van der Waals surface area contributed by atoms with E-state index in [1.54, 1.807) is 14.2 Å². The summed E-state index contributed by atoms with van der Waals surface area (Å²) in [5.41, 5.74) is 7.65. The lowest BCUT2D eigenvalue weighted by Crippen LogP contribution is -2.62. The van der Waals surface area contributed by atoms with Gasteiger partial charge in [0.15, 0.2) is 0 Å². The number of hydrogen-bond acceptors (Lipinski definition) is 4. The van der Waals surface area contributed by atoms with Crippen molar-refractivity contribution < 1.29 is 9.47 Å². The Hall–Kier alpha value is -2.64. The van der Waals surface area contributed by atoms with Crippen LogP contribution in [0.25, 0.3) is 0 Å². The minimum absolute atomic E-state index is 0.193. The number of hydrogen-bond donors (Lipinski definition) is 1. The Morgan fingerprint density at radius 2 is 1.33 bits per heavy atom. The molecule has 6 rings (SSSR count). The molecule has 0 amide bonds. The average molecular weight is 691 g/mol. The van der Waals surface area contributed by atoms with Crippen molar-refractivity contribution in [1.29, 1.82) is 0 Å². The maximum atomic E-state index is 5.85. The van der Waals surface area contributed by atoms with Crippen molar-refractivity contribution in [3.8, 4) is 11.5 Å². The third-order valence-electron chi connectivity index (χ3n) is 9.04. The summed E-state index contributed by atoms with van der Waals surface area (Å²) in [6, 6.07) is 30.5. The van der Waals surface area contributed by atoms with Gasteiger partial charge < -0.3 is 9.47 Å². The van der Waals surface area contributed by atoms with Crippen molar-refractivity contribution in [2.24, 2.45) is 0 Å². The highest BCUT2D eigenvalue weighted by Gasteiger charge is 2.44. The number of rotatable bonds is 9. The van der Waals surface area contributed by atoms with Crippen molar-refractivity contribution >= 4 is 31.9 Å². The maximum absolute atomic E-state index is 5.85. The summed E-state index contributed by atoms with van der Waals surface area (Å²) >= 11 is 7.87. The van der Waals surface area contributed by atoms with E-state index in [-0.39, 0.29) is 11.7 Å². The first-order chi connectivity index (χ1) is 20.5. The fraction of sp³-hybridized carbons (Fsp3) is 0.333. The zero-order valence-electron chi connectivity index (χ0n) is 24.3. The monoisotopic (exact) mass is 688 g/mol.